The lowest BCUT2D eigenvalue weighted by Gasteiger charge is -2.47. The van der Waals surface area contributed by atoms with Gasteiger partial charge in [0.25, 0.3) is 11.7 Å². The molecular formula is C44H67NO11. The van der Waals surface area contributed by atoms with Gasteiger partial charge in [0.2, 0.25) is 5.79 Å². The van der Waals surface area contributed by atoms with Crippen molar-refractivity contribution >= 4 is 23.4 Å². The van der Waals surface area contributed by atoms with E-state index in [0.29, 0.717) is 50.0 Å². The van der Waals surface area contributed by atoms with Gasteiger partial charge >= 0.3 is 5.97 Å². The summed E-state index contributed by atoms with van der Waals surface area (Å²) in [5.41, 5.74) is 1.47. The average molecular weight is 786 g/mol. The van der Waals surface area contributed by atoms with Crippen LogP contribution in [0.5, 0.6) is 0 Å². The first-order valence-electron chi connectivity index (χ1n) is 20.9. The van der Waals surface area contributed by atoms with Crippen molar-refractivity contribution in [3.8, 4) is 0 Å². The number of methoxy groups -OCH3 is 3. The Hall–Kier alpha value is -2.74. The molecule has 5 rings (SSSR count). The van der Waals surface area contributed by atoms with E-state index < -0.39 is 71.8 Å². The van der Waals surface area contributed by atoms with E-state index >= 15 is 0 Å². The van der Waals surface area contributed by atoms with E-state index in [1.165, 1.54) is 19.1 Å². The monoisotopic (exact) mass is 785 g/mol. The molecule has 56 heavy (non-hydrogen) atoms. The van der Waals surface area contributed by atoms with Crippen molar-refractivity contribution in [3.05, 3.63) is 36.0 Å². The average Bonchev–Trinajstić information content (AvgIpc) is 3.18. The molecule has 1 saturated carbocycles. The van der Waals surface area contributed by atoms with Crippen LogP contribution >= 0.6 is 0 Å². The summed E-state index contributed by atoms with van der Waals surface area (Å²) < 4.78 is 30.0. The van der Waals surface area contributed by atoms with Crippen molar-refractivity contribution in [1.82, 2.24) is 4.90 Å². The van der Waals surface area contributed by atoms with E-state index in [9.17, 15) is 29.4 Å². The van der Waals surface area contributed by atoms with Crippen LogP contribution in [0.2, 0.25) is 0 Å². The quantitative estimate of drug-likeness (QED) is 0.205. The van der Waals surface area contributed by atoms with Crippen molar-refractivity contribution < 1.29 is 53.1 Å². The minimum absolute atomic E-state index is 0.00609. The van der Waals surface area contributed by atoms with Gasteiger partial charge in [0.15, 0.2) is 5.78 Å². The van der Waals surface area contributed by atoms with Crippen LogP contribution < -0.4 is 0 Å². The Morgan fingerprint density at radius 3 is 2.30 bits per heavy atom. The standard InChI is InChI=1S/C44H67NO11/c1-9-11-31-18-25(2)12-10-13-36(52-6)40-38(54-8)19-27(4)44(51,56-40)41(48)42(49)45-17-16-30-21-32(20-29-15-14-26(3)37(23-29)53-7)39(55-43(50)33(45)22-30)28(5)34(46)24-35(31)47/h9,18,20,25-30,33-34,36-40,46,51H,1,10-17,19,21-24H2,2-8H3. The van der Waals surface area contributed by atoms with Crippen molar-refractivity contribution in [3.63, 3.8) is 0 Å². The number of carbonyl (C=O) groups excluding carboxylic acids is 4. The molecule has 5 aliphatic rings. The predicted molar refractivity (Wildman–Crippen MR) is 209 cm³/mol. The fourth-order valence-electron chi connectivity index (χ4n) is 9.89. The number of ketones is 2. The number of aliphatic hydroxyl groups excluding tert-OH is 1. The van der Waals surface area contributed by atoms with Crippen LogP contribution in [0.1, 0.15) is 105 Å². The number of aliphatic hydroxyl groups is 2. The van der Waals surface area contributed by atoms with Gasteiger partial charge in [0.05, 0.1) is 24.4 Å². The SMILES string of the molecule is C=CCC1=CC(C)CCCC(OC)C2OC(O)(C(=O)C(=O)N3CCC4CC(=CC5CCC(C)C(OC)C5)C(OC(=O)C3C4)C(C)C(O)CC1=O)C(C)CC2OC. The van der Waals surface area contributed by atoms with E-state index in [1.54, 1.807) is 27.0 Å². The third kappa shape index (κ3) is 9.75. The Labute approximate surface area is 333 Å². The van der Waals surface area contributed by atoms with Gasteiger partial charge in [-0.2, -0.15) is 0 Å². The Morgan fingerprint density at radius 2 is 1.62 bits per heavy atom. The number of hydrogen-bond acceptors (Lipinski definition) is 11. The molecule has 314 valence electrons. The second-order valence-electron chi connectivity index (χ2n) is 17.5. The third-order valence-electron chi connectivity index (χ3n) is 13.6. The molecule has 14 atom stereocenters. The maximum absolute atomic E-state index is 14.3. The highest BCUT2D eigenvalue weighted by Crippen LogP contribution is 2.42. The Kier molecular flexibility index (Phi) is 15.3. The summed E-state index contributed by atoms with van der Waals surface area (Å²) in [6, 6.07) is -1.08. The second kappa shape index (κ2) is 19.3. The first-order valence-corrected chi connectivity index (χ1v) is 20.9. The first kappa shape index (κ1) is 44.4. The molecule has 12 heteroatoms. The molecule has 0 aromatic heterocycles. The number of nitrogens with zero attached hydrogens (tertiary/aromatic N) is 1. The molecule has 4 aliphatic heterocycles. The van der Waals surface area contributed by atoms with Crippen molar-refractivity contribution in [2.24, 2.45) is 35.5 Å². The van der Waals surface area contributed by atoms with Gasteiger partial charge < -0.3 is 38.8 Å². The molecular weight excluding hydrogens is 718 g/mol. The lowest BCUT2D eigenvalue weighted by atomic mass is 9.75. The number of Topliss-reactive ketones (excluding diaryl/α,β-unsaturated/α-hetero) is 2. The Bertz CT molecular complexity index is 1490. The van der Waals surface area contributed by atoms with Crippen LogP contribution in [0, 0.1) is 35.5 Å². The third-order valence-corrected chi connectivity index (χ3v) is 13.6. The number of piperidine rings is 1. The highest BCUT2D eigenvalue weighted by Gasteiger charge is 2.57. The van der Waals surface area contributed by atoms with E-state index in [2.05, 4.69) is 19.6 Å². The van der Waals surface area contributed by atoms with Crippen LogP contribution in [0.4, 0.5) is 0 Å². The van der Waals surface area contributed by atoms with Crippen molar-refractivity contribution in [1.29, 1.82) is 0 Å². The van der Waals surface area contributed by atoms with Gasteiger partial charge in [-0.25, -0.2) is 4.79 Å². The summed E-state index contributed by atoms with van der Waals surface area (Å²) in [4.78, 5) is 57.9. The molecule has 14 unspecified atom stereocenters. The summed E-state index contributed by atoms with van der Waals surface area (Å²) in [5.74, 6) is -6.37. The van der Waals surface area contributed by atoms with Crippen LogP contribution in [0.25, 0.3) is 0 Å². The van der Waals surface area contributed by atoms with Crippen LogP contribution in [0.15, 0.2) is 36.0 Å². The lowest BCUT2D eigenvalue weighted by Crippen LogP contribution is -2.65. The van der Waals surface area contributed by atoms with Gasteiger partial charge in [-0.05, 0) is 99.0 Å². The summed E-state index contributed by atoms with van der Waals surface area (Å²) in [7, 11) is 4.81. The Morgan fingerprint density at radius 1 is 0.911 bits per heavy atom. The number of esters is 1. The number of allylic oxidation sites excluding steroid dienone is 4. The maximum atomic E-state index is 14.3. The van der Waals surface area contributed by atoms with Gasteiger partial charge in [-0.15, -0.1) is 6.58 Å². The highest BCUT2D eigenvalue weighted by molar-refractivity contribution is 6.39. The number of hydrogen-bond donors (Lipinski definition) is 2. The molecule has 1 aliphatic carbocycles. The number of rotatable bonds is 6. The number of carbonyl (C=O) groups is 4. The van der Waals surface area contributed by atoms with Crippen LogP contribution in [0.3, 0.4) is 0 Å². The molecule has 0 aromatic carbocycles. The zero-order chi connectivity index (χ0) is 40.9. The number of ether oxygens (including phenoxy) is 5. The molecule has 0 radical (unpaired) electrons. The highest BCUT2D eigenvalue weighted by atomic mass is 16.7. The lowest BCUT2D eigenvalue weighted by molar-refractivity contribution is -0.302. The minimum Gasteiger partial charge on any atom is -0.456 e. The second-order valence-corrected chi connectivity index (χ2v) is 17.5. The van der Waals surface area contributed by atoms with Crippen LogP contribution in [-0.4, -0.2) is 115 Å². The van der Waals surface area contributed by atoms with E-state index in [1.807, 2.05) is 13.0 Å². The zero-order valence-electron chi connectivity index (χ0n) is 34.7. The van der Waals surface area contributed by atoms with Gasteiger partial charge in [0.1, 0.15) is 18.2 Å². The van der Waals surface area contributed by atoms with Crippen molar-refractivity contribution in [2.75, 3.05) is 27.9 Å². The smallest absolute Gasteiger partial charge is 0.329 e. The molecule has 1 amide bonds. The fourth-order valence-corrected chi connectivity index (χ4v) is 9.89. The molecule has 12 nitrogen and oxygen atoms in total. The fraction of sp³-hybridized carbons (Fsp3) is 0.773. The minimum atomic E-state index is -2.47. The van der Waals surface area contributed by atoms with Gasteiger partial charge in [-0.3, -0.25) is 14.4 Å². The topological polar surface area (TPSA) is 158 Å². The first-order chi connectivity index (χ1) is 26.6. The molecule has 4 fully saturated rings. The van der Waals surface area contributed by atoms with Crippen molar-refractivity contribution in [2.45, 2.75) is 153 Å². The summed E-state index contributed by atoms with van der Waals surface area (Å²) >= 11 is 0. The Balaban J connectivity index is 1.55. The van der Waals surface area contributed by atoms with E-state index in [-0.39, 0.29) is 55.4 Å². The molecule has 2 N–H and O–H groups in total. The van der Waals surface area contributed by atoms with Gasteiger partial charge in [0, 0.05) is 46.1 Å². The summed E-state index contributed by atoms with van der Waals surface area (Å²) in [5, 5.41) is 23.8. The summed E-state index contributed by atoms with van der Waals surface area (Å²) in [6.07, 6.45) is 8.39. The zero-order valence-corrected chi connectivity index (χ0v) is 34.7. The van der Waals surface area contributed by atoms with Crippen LogP contribution in [-0.2, 0) is 42.9 Å². The number of fused-ring (bicyclic) bond motifs is 5. The largest absolute Gasteiger partial charge is 0.456 e. The molecule has 0 spiro atoms. The van der Waals surface area contributed by atoms with Gasteiger partial charge in [-0.1, -0.05) is 52.3 Å². The van der Waals surface area contributed by atoms with E-state index in [4.69, 9.17) is 23.7 Å². The maximum Gasteiger partial charge on any atom is 0.329 e. The molecule has 0 aromatic rings. The molecule has 3 saturated heterocycles. The molecule has 5 bridgehead atoms. The number of amides is 1. The normalized spacial score (nSPS) is 41.7. The predicted octanol–water partition coefficient (Wildman–Crippen LogP) is 5.28. The van der Waals surface area contributed by atoms with E-state index in [0.717, 1.165) is 24.8 Å². The summed E-state index contributed by atoms with van der Waals surface area (Å²) in [6.45, 7) is 11.7. The molecule has 4 heterocycles.